The highest BCUT2D eigenvalue weighted by atomic mass is 16.5. The van der Waals surface area contributed by atoms with Gasteiger partial charge in [0.1, 0.15) is 11.4 Å². The zero-order chi connectivity index (χ0) is 18.9. The smallest absolute Gasteiger partial charge is 0.320 e. The highest BCUT2D eigenvalue weighted by molar-refractivity contribution is 5.77. The predicted molar refractivity (Wildman–Crippen MR) is 103 cm³/mol. The second-order valence-corrected chi connectivity index (χ2v) is 8.07. The zero-order valence-corrected chi connectivity index (χ0v) is 16.1. The Morgan fingerprint density at radius 3 is 2.48 bits per heavy atom. The standard InChI is InChI=1S/C21H29N3O3/c1-22-19(25)14-16-15-21(27-18-7-3-2-6-17(16)18)8-12-24(13-9-21)20(26)23-10-4-5-11-23/h2-3,6-7,16H,4-5,8-15H2,1H3,(H,22,25)/t16-/m0/s1. The van der Waals surface area contributed by atoms with Gasteiger partial charge in [0.2, 0.25) is 5.91 Å². The van der Waals surface area contributed by atoms with Gasteiger partial charge >= 0.3 is 6.03 Å². The number of carbonyl (C=O) groups is 2. The van der Waals surface area contributed by atoms with E-state index in [2.05, 4.69) is 11.4 Å². The fourth-order valence-corrected chi connectivity index (χ4v) is 4.77. The Labute approximate surface area is 160 Å². The Morgan fingerprint density at radius 1 is 1.11 bits per heavy atom. The molecule has 1 aromatic carbocycles. The maximum atomic E-state index is 12.7. The molecule has 0 bridgehead atoms. The lowest BCUT2D eigenvalue weighted by Crippen LogP contribution is -2.54. The summed E-state index contributed by atoms with van der Waals surface area (Å²) in [6.45, 7) is 3.23. The van der Waals surface area contributed by atoms with Crippen LogP contribution in [0.5, 0.6) is 5.75 Å². The molecule has 1 spiro atoms. The van der Waals surface area contributed by atoms with Crippen LogP contribution in [0.25, 0.3) is 0 Å². The zero-order valence-electron chi connectivity index (χ0n) is 16.1. The van der Waals surface area contributed by atoms with Crippen LogP contribution in [0.15, 0.2) is 24.3 Å². The highest BCUT2D eigenvalue weighted by Gasteiger charge is 2.44. The summed E-state index contributed by atoms with van der Waals surface area (Å²) in [6, 6.07) is 8.26. The van der Waals surface area contributed by atoms with Crippen molar-refractivity contribution in [3.05, 3.63) is 29.8 Å². The number of hydrogen-bond acceptors (Lipinski definition) is 3. The molecule has 1 N–H and O–H groups in total. The van der Waals surface area contributed by atoms with Crippen molar-refractivity contribution in [1.82, 2.24) is 15.1 Å². The summed E-state index contributed by atoms with van der Waals surface area (Å²) in [4.78, 5) is 28.7. The monoisotopic (exact) mass is 371 g/mol. The second-order valence-electron chi connectivity index (χ2n) is 8.07. The molecule has 4 rings (SSSR count). The Morgan fingerprint density at radius 2 is 1.78 bits per heavy atom. The first-order valence-corrected chi connectivity index (χ1v) is 10.1. The maximum Gasteiger partial charge on any atom is 0.320 e. The Balaban J connectivity index is 1.47. The number of amides is 3. The van der Waals surface area contributed by atoms with Gasteiger partial charge in [-0.15, -0.1) is 0 Å². The van der Waals surface area contributed by atoms with Crippen molar-refractivity contribution >= 4 is 11.9 Å². The molecule has 3 aliphatic rings. The van der Waals surface area contributed by atoms with Crippen molar-refractivity contribution in [1.29, 1.82) is 0 Å². The van der Waals surface area contributed by atoms with Crippen LogP contribution < -0.4 is 10.1 Å². The van der Waals surface area contributed by atoms with Gasteiger partial charge in [0.25, 0.3) is 0 Å². The number of ether oxygens (including phenoxy) is 1. The van der Waals surface area contributed by atoms with Gasteiger partial charge in [-0.05, 0) is 30.9 Å². The minimum absolute atomic E-state index is 0.0634. The molecule has 0 unspecified atom stereocenters. The Bertz CT molecular complexity index is 706. The van der Waals surface area contributed by atoms with E-state index < -0.39 is 0 Å². The van der Waals surface area contributed by atoms with E-state index in [1.165, 1.54) is 0 Å². The van der Waals surface area contributed by atoms with Crippen molar-refractivity contribution in [3.8, 4) is 5.75 Å². The van der Waals surface area contributed by atoms with Crippen LogP contribution in [0.4, 0.5) is 4.79 Å². The van der Waals surface area contributed by atoms with Crippen molar-refractivity contribution in [3.63, 3.8) is 0 Å². The van der Waals surface area contributed by atoms with Crippen molar-refractivity contribution in [2.45, 2.75) is 50.0 Å². The molecule has 3 aliphatic heterocycles. The largest absolute Gasteiger partial charge is 0.487 e. The van der Waals surface area contributed by atoms with Crippen LogP contribution >= 0.6 is 0 Å². The number of benzene rings is 1. The van der Waals surface area contributed by atoms with E-state index in [1.54, 1.807) is 7.05 Å². The van der Waals surface area contributed by atoms with Gasteiger partial charge in [-0.3, -0.25) is 4.79 Å². The van der Waals surface area contributed by atoms with E-state index >= 15 is 0 Å². The van der Waals surface area contributed by atoms with Crippen LogP contribution in [0, 0.1) is 0 Å². The van der Waals surface area contributed by atoms with Gasteiger partial charge in [-0.25, -0.2) is 4.79 Å². The van der Waals surface area contributed by atoms with Gasteiger partial charge in [0.05, 0.1) is 0 Å². The summed E-state index contributed by atoms with van der Waals surface area (Å²) >= 11 is 0. The van der Waals surface area contributed by atoms with Gasteiger partial charge in [-0.2, -0.15) is 0 Å². The number of nitrogens with zero attached hydrogens (tertiary/aromatic N) is 2. The quantitative estimate of drug-likeness (QED) is 0.870. The molecule has 0 aliphatic carbocycles. The van der Waals surface area contributed by atoms with Crippen LogP contribution in [0.3, 0.4) is 0 Å². The van der Waals surface area contributed by atoms with E-state index in [1.807, 2.05) is 28.0 Å². The molecule has 27 heavy (non-hydrogen) atoms. The van der Waals surface area contributed by atoms with Crippen LogP contribution in [-0.2, 0) is 4.79 Å². The molecule has 0 radical (unpaired) electrons. The summed E-state index contributed by atoms with van der Waals surface area (Å²) in [6.07, 6.45) is 5.20. The topological polar surface area (TPSA) is 61.9 Å². The lowest BCUT2D eigenvalue weighted by Gasteiger charge is -2.47. The third kappa shape index (κ3) is 3.62. The normalized spacial score (nSPS) is 23.7. The summed E-state index contributed by atoms with van der Waals surface area (Å²) in [5.74, 6) is 1.13. The molecular weight excluding hydrogens is 342 g/mol. The van der Waals surface area contributed by atoms with E-state index in [4.69, 9.17) is 4.74 Å². The number of likely N-dealkylation sites (tertiary alicyclic amines) is 2. The Hall–Kier alpha value is -2.24. The van der Waals surface area contributed by atoms with Crippen molar-refractivity contribution < 1.29 is 14.3 Å². The summed E-state index contributed by atoms with van der Waals surface area (Å²) < 4.78 is 6.48. The van der Waals surface area contributed by atoms with Crippen molar-refractivity contribution in [2.75, 3.05) is 33.2 Å². The Kier molecular flexibility index (Phi) is 4.98. The second kappa shape index (κ2) is 7.41. The third-order valence-electron chi connectivity index (χ3n) is 6.34. The van der Waals surface area contributed by atoms with Crippen LogP contribution in [-0.4, -0.2) is 60.6 Å². The van der Waals surface area contributed by atoms with Gasteiger partial charge < -0.3 is 19.9 Å². The lowest BCUT2D eigenvalue weighted by atomic mass is 9.76. The minimum atomic E-state index is -0.269. The van der Waals surface area contributed by atoms with Gasteiger partial charge in [-0.1, -0.05) is 18.2 Å². The molecule has 3 amide bonds. The first-order valence-electron chi connectivity index (χ1n) is 10.1. The summed E-state index contributed by atoms with van der Waals surface area (Å²) in [5, 5.41) is 2.75. The molecule has 0 aromatic heterocycles. The number of rotatable bonds is 2. The number of hydrogen-bond donors (Lipinski definition) is 1. The number of urea groups is 1. The molecule has 6 heteroatoms. The fraction of sp³-hybridized carbons (Fsp3) is 0.619. The number of carbonyl (C=O) groups excluding carboxylic acids is 2. The first-order chi connectivity index (χ1) is 13.1. The number of nitrogens with one attached hydrogen (secondary N) is 1. The van der Waals surface area contributed by atoms with E-state index in [0.29, 0.717) is 6.42 Å². The number of fused-ring (bicyclic) bond motifs is 1. The summed E-state index contributed by atoms with van der Waals surface area (Å²) in [5.41, 5.74) is 0.858. The molecule has 3 heterocycles. The van der Waals surface area contributed by atoms with E-state index in [-0.39, 0.29) is 23.5 Å². The van der Waals surface area contributed by atoms with E-state index in [0.717, 1.165) is 69.6 Å². The van der Waals surface area contributed by atoms with E-state index in [9.17, 15) is 9.59 Å². The summed E-state index contributed by atoms with van der Waals surface area (Å²) in [7, 11) is 1.69. The molecule has 1 aromatic rings. The molecule has 146 valence electrons. The predicted octanol–water partition coefficient (Wildman–Crippen LogP) is 2.74. The average molecular weight is 371 g/mol. The third-order valence-corrected chi connectivity index (χ3v) is 6.34. The average Bonchev–Trinajstić information content (AvgIpc) is 3.23. The highest BCUT2D eigenvalue weighted by Crippen LogP contribution is 2.46. The molecule has 0 saturated carbocycles. The molecular formula is C21H29N3O3. The minimum Gasteiger partial charge on any atom is -0.487 e. The van der Waals surface area contributed by atoms with Crippen LogP contribution in [0.1, 0.15) is 50.0 Å². The maximum absolute atomic E-state index is 12.7. The van der Waals surface area contributed by atoms with Gasteiger partial charge in [0.15, 0.2) is 0 Å². The molecule has 1 atom stereocenters. The molecule has 6 nitrogen and oxygen atoms in total. The number of piperidine rings is 1. The number of para-hydroxylation sites is 1. The van der Waals surface area contributed by atoms with Crippen LogP contribution in [0.2, 0.25) is 0 Å². The van der Waals surface area contributed by atoms with Crippen molar-refractivity contribution in [2.24, 2.45) is 0 Å². The SMILES string of the molecule is CNC(=O)C[C@H]1CC2(CCN(C(=O)N3CCCC3)CC2)Oc2ccccc21. The lowest BCUT2D eigenvalue weighted by molar-refractivity contribution is -0.121. The fourth-order valence-electron chi connectivity index (χ4n) is 4.77. The molecule has 2 saturated heterocycles. The van der Waals surface area contributed by atoms with Gasteiger partial charge in [0, 0.05) is 58.4 Å². The first kappa shape index (κ1) is 18.1. The molecule has 2 fully saturated rings.